The van der Waals surface area contributed by atoms with E-state index in [0.29, 0.717) is 13.1 Å². The van der Waals surface area contributed by atoms with Crippen LogP contribution in [0, 0.1) is 0 Å². The summed E-state index contributed by atoms with van der Waals surface area (Å²) in [6.07, 6.45) is 2.23. The molecule has 0 spiro atoms. The second-order valence-corrected chi connectivity index (χ2v) is 4.52. The number of nitrogens with one attached hydrogen (secondary N) is 2. The summed E-state index contributed by atoms with van der Waals surface area (Å²) >= 11 is 0. The number of carbonyl (C=O) groups is 3. The van der Waals surface area contributed by atoms with Crippen molar-refractivity contribution in [2.75, 3.05) is 26.7 Å². The van der Waals surface area contributed by atoms with Gasteiger partial charge < -0.3 is 20.3 Å². The Bertz CT molecular complexity index is 346. The van der Waals surface area contributed by atoms with E-state index in [1.54, 1.807) is 4.90 Å². The average Bonchev–Trinajstić information content (AvgIpc) is 2.42. The van der Waals surface area contributed by atoms with Crippen LogP contribution in [0.1, 0.15) is 26.2 Å². The molecule has 0 aliphatic carbocycles. The van der Waals surface area contributed by atoms with E-state index in [1.807, 2.05) is 0 Å². The van der Waals surface area contributed by atoms with Gasteiger partial charge in [-0.05, 0) is 19.3 Å². The van der Waals surface area contributed by atoms with Gasteiger partial charge in [0, 0.05) is 26.1 Å². The summed E-state index contributed by atoms with van der Waals surface area (Å²) in [5, 5.41) is 5.11. The summed E-state index contributed by atoms with van der Waals surface area (Å²) in [7, 11) is 1.25. The van der Waals surface area contributed by atoms with Crippen molar-refractivity contribution in [3.63, 3.8) is 0 Å². The molecule has 3 amide bonds. The Morgan fingerprint density at radius 1 is 1.26 bits per heavy atom. The number of methoxy groups -OCH3 is 1. The van der Waals surface area contributed by atoms with E-state index in [2.05, 4.69) is 15.4 Å². The van der Waals surface area contributed by atoms with Gasteiger partial charge in [-0.1, -0.05) is 0 Å². The molecule has 1 fully saturated rings. The molecule has 1 heterocycles. The Hall–Kier alpha value is -1.79. The van der Waals surface area contributed by atoms with Crippen molar-refractivity contribution in [3.05, 3.63) is 0 Å². The van der Waals surface area contributed by atoms with Crippen LogP contribution in [0.15, 0.2) is 0 Å². The predicted molar refractivity (Wildman–Crippen MR) is 68.4 cm³/mol. The van der Waals surface area contributed by atoms with E-state index < -0.39 is 6.09 Å². The molecule has 2 N–H and O–H groups in total. The second-order valence-electron chi connectivity index (χ2n) is 4.52. The number of alkyl carbamates (subject to hydrolysis) is 1. The van der Waals surface area contributed by atoms with Gasteiger partial charge in [0.1, 0.15) is 6.54 Å². The molecule has 0 radical (unpaired) electrons. The number of hydrogen-bond donors (Lipinski definition) is 2. The maximum Gasteiger partial charge on any atom is 0.407 e. The third-order valence-electron chi connectivity index (χ3n) is 3.10. The van der Waals surface area contributed by atoms with Gasteiger partial charge in [-0.15, -0.1) is 0 Å². The number of hydrogen-bond acceptors (Lipinski definition) is 4. The fourth-order valence-electron chi connectivity index (χ4n) is 2.12. The highest BCUT2D eigenvalue weighted by atomic mass is 16.5. The van der Waals surface area contributed by atoms with Gasteiger partial charge in [-0.25, -0.2) is 4.79 Å². The molecule has 1 saturated heterocycles. The summed E-state index contributed by atoms with van der Waals surface area (Å²) in [5.74, 6) is -0.258. The van der Waals surface area contributed by atoms with Crippen LogP contribution in [0.3, 0.4) is 0 Å². The van der Waals surface area contributed by atoms with Crippen molar-refractivity contribution in [2.45, 2.75) is 32.2 Å². The molecule has 1 unspecified atom stereocenters. The minimum Gasteiger partial charge on any atom is -0.453 e. The van der Waals surface area contributed by atoms with E-state index in [1.165, 1.54) is 14.0 Å². The Kier molecular flexibility index (Phi) is 6.11. The summed E-state index contributed by atoms with van der Waals surface area (Å²) in [6.45, 7) is 2.49. The summed E-state index contributed by atoms with van der Waals surface area (Å²) in [6, 6.07) is 0.00426. The number of carbonyl (C=O) groups excluding carboxylic acids is 3. The quantitative estimate of drug-likeness (QED) is 0.745. The zero-order valence-electron chi connectivity index (χ0n) is 11.4. The van der Waals surface area contributed by atoms with Crippen LogP contribution in [-0.2, 0) is 14.3 Å². The summed E-state index contributed by atoms with van der Waals surface area (Å²) in [5.41, 5.74) is 0. The molecular formula is C12H21N3O4. The zero-order valence-corrected chi connectivity index (χ0v) is 11.4. The molecule has 0 aromatic rings. The van der Waals surface area contributed by atoms with Gasteiger partial charge in [0.05, 0.1) is 7.11 Å². The largest absolute Gasteiger partial charge is 0.453 e. The van der Waals surface area contributed by atoms with Crippen molar-refractivity contribution in [2.24, 2.45) is 0 Å². The minimum atomic E-state index is -0.622. The first-order chi connectivity index (χ1) is 9.04. The monoisotopic (exact) mass is 271 g/mol. The van der Waals surface area contributed by atoms with Crippen molar-refractivity contribution >= 4 is 17.9 Å². The number of likely N-dealkylation sites (tertiary alicyclic amines) is 1. The third-order valence-corrected chi connectivity index (χ3v) is 3.10. The number of rotatable bonds is 4. The van der Waals surface area contributed by atoms with Crippen molar-refractivity contribution in [1.82, 2.24) is 15.5 Å². The molecule has 1 rings (SSSR count). The van der Waals surface area contributed by atoms with Crippen LogP contribution in [0.4, 0.5) is 4.79 Å². The smallest absolute Gasteiger partial charge is 0.407 e. The Morgan fingerprint density at radius 3 is 2.63 bits per heavy atom. The Balaban J connectivity index is 2.48. The molecule has 108 valence electrons. The average molecular weight is 271 g/mol. The van der Waals surface area contributed by atoms with Crippen LogP contribution in [-0.4, -0.2) is 55.6 Å². The lowest BCUT2D eigenvalue weighted by Gasteiger charge is -2.35. The maximum absolute atomic E-state index is 12.0. The zero-order chi connectivity index (χ0) is 14.3. The van der Waals surface area contributed by atoms with Crippen molar-refractivity contribution in [1.29, 1.82) is 0 Å². The summed E-state index contributed by atoms with van der Waals surface area (Å²) < 4.78 is 4.42. The van der Waals surface area contributed by atoms with Gasteiger partial charge in [-0.3, -0.25) is 9.59 Å². The second kappa shape index (κ2) is 7.60. The number of nitrogens with zero attached hydrogens (tertiary/aromatic N) is 1. The van der Waals surface area contributed by atoms with Gasteiger partial charge in [-0.2, -0.15) is 0 Å². The highest BCUT2D eigenvalue weighted by Crippen LogP contribution is 2.16. The molecule has 0 saturated carbocycles. The van der Waals surface area contributed by atoms with Crippen LogP contribution < -0.4 is 10.6 Å². The van der Waals surface area contributed by atoms with Crippen LogP contribution >= 0.6 is 0 Å². The highest BCUT2D eigenvalue weighted by Gasteiger charge is 2.26. The normalized spacial score (nSPS) is 18.6. The molecule has 1 aliphatic heterocycles. The number of ether oxygens (including phenoxy) is 1. The predicted octanol–water partition coefficient (Wildman–Crippen LogP) is -0.140. The fraction of sp³-hybridized carbons (Fsp3) is 0.750. The van der Waals surface area contributed by atoms with Crippen molar-refractivity contribution in [3.8, 4) is 0 Å². The van der Waals surface area contributed by atoms with E-state index in [0.717, 1.165) is 19.3 Å². The standard InChI is InChI=1S/C12H21N3O4/c1-9(16)13-7-10-5-3-4-6-15(10)11(17)8-14-12(18)19-2/h10H,3-8H2,1-2H3,(H,13,16)(H,14,18). The van der Waals surface area contributed by atoms with E-state index in [4.69, 9.17) is 0 Å². The molecule has 1 aliphatic rings. The fourth-order valence-corrected chi connectivity index (χ4v) is 2.12. The first kappa shape index (κ1) is 15.3. The van der Waals surface area contributed by atoms with E-state index in [-0.39, 0.29) is 24.4 Å². The molecule has 7 heteroatoms. The van der Waals surface area contributed by atoms with E-state index >= 15 is 0 Å². The maximum atomic E-state index is 12.0. The van der Waals surface area contributed by atoms with E-state index in [9.17, 15) is 14.4 Å². The molecular weight excluding hydrogens is 250 g/mol. The number of piperidine rings is 1. The highest BCUT2D eigenvalue weighted by molar-refractivity contribution is 5.82. The third kappa shape index (κ3) is 5.15. The van der Waals surface area contributed by atoms with Gasteiger partial charge in [0.25, 0.3) is 0 Å². The lowest BCUT2D eigenvalue weighted by molar-refractivity contribution is -0.134. The topological polar surface area (TPSA) is 87.7 Å². The number of amides is 3. The SMILES string of the molecule is COC(=O)NCC(=O)N1CCCCC1CNC(C)=O. The van der Waals surface area contributed by atoms with Gasteiger partial charge in [0.15, 0.2) is 0 Å². The Labute approximate surface area is 112 Å². The molecule has 0 aromatic carbocycles. The van der Waals surface area contributed by atoms with Crippen LogP contribution in [0.5, 0.6) is 0 Å². The molecule has 0 bridgehead atoms. The van der Waals surface area contributed by atoms with Crippen LogP contribution in [0.25, 0.3) is 0 Å². The first-order valence-corrected chi connectivity index (χ1v) is 6.40. The van der Waals surface area contributed by atoms with Gasteiger partial charge >= 0.3 is 6.09 Å². The van der Waals surface area contributed by atoms with Crippen LogP contribution in [0.2, 0.25) is 0 Å². The Morgan fingerprint density at radius 2 is 2.00 bits per heavy atom. The first-order valence-electron chi connectivity index (χ1n) is 6.40. The van der Waals surface area contributed by atoms with Crippen molar-refractivity contribution < 1.29 is 19.1 Å². The summed E-state index contributed by atoms with van der Waals surface area (Å²) in [4.78, 5) is 35.6. The minimum absolute atomic E-state index is 0.00426. The lowest BCUT2D eigenvalue weighted by atomic mass is 10.0. The molecule has 19 heavy (non-hydrogen) atoms. The van der Waals surface area contributed by atoms with Gasteiger partial charge in [0.2, 0.25) is 11.8 Å². The molecule has 0 aromatic heterocycles. The molecule has 7 nitrogen and oxygen atoms in total. The lowest BCUT2D eigenvalue weighted by Crippen LogP contribution is -2.51. The molecule has 1 atom stereocenters.